The van der Waals surface area contributed by atoms with Gasteiger partial charge in [0, 0.05) is 12.5 Å². The summed E-state index contributed by atoms with van der Waals surface area (Å²) in [6.45, 7) is 2.71. The largest absolute Gasteiger partial charge is 0.326 e. The summed E-state index contributed by atoms with van der Waals surface area (Å²) in [7, 11) is 0. The molecule has 15 heavy (non-hydrogen) atoms. The van der Waals surface area contributed by atoms with Crippen molar-refractivity contribution in [2.45, 2.75) is 31.5 Å². The number of nitrogens with zero attached hydrogens (tertiary/aromatic N) is 1. The summed E-state index contributed by atoms with van der Waals surface area (Å²) in [5, 5.41) is 9.14. The predicted octanol–water partition coefficient (Wildman–Crippen LogP) is 1.90. The second-order valence-electron chi connectivity index (χ2n) is 4.41. The molecule has 1 saturated carbocycles. The van der Waals surface area contributed by atoms with Crippen LogP contribution in [0.15, 0.2) is 24.3 Å². The molecule has 1 fully saturated rings. The molecule has 1 aliphatic rings. The molecule has 76 valence electrons. The molecule has 0 saturated heterocycles. The Kier molecular flexibility index (Phi) is 2.54. The Morgan fingerprint density at radius 2 is 2.00 bits per heavy atom. The Hall–Kier alpha value is -1.27. The highest BCUT2D eigenvalue weighted by atomic mass is 14.5. The molecule has 0 atom stereocenters. The van der Waals surface area contributed by atoms with E-state index in [-0.39, 0.29) is 12.0 Å². The summed E-state index contributed by atoms with van der Waals surface area (Å²) in [6, 6.07) is 8.39. The zero-order valence-electron chi connectivity index (χ0n) is 9.03. The Morgan fingerprint density at radius 1 is 1.40 bits per heavy atom. The van der Waals surface area contributed by atoms with Crippen molar-refractivity contribution in [3.63, 3.8) is 0 Å². The predicted molar refractivity (Wildman–Crippen MR) is 62.5 cm³/mol. The highest BCUT2D eigenvalue weighted by Crippen LogP contribution is 2.49. The second-order valence-corrected chi connectivity index (χ2v) is 4.41. The minimum absolute atomic E-state index is 0.112. The van der Waals surface area contributed by atoms with Crippen molar-refractivity contribution in [1.82, 2.24) is 0 Å². The molecule has 0 aliphatic heterocycles. The van der Waals surface area contributed by atoms with Crippen molar-refractivity contribution in [2.75, 3.05) is 0 Å². The smallest absolute Gasteiger partial charge is 0.275 e. The number of hydrogen-bond donors (Lipinski definition) is 1. The zero-order valence-corrected chi connectivity index (χ0v) is 9.03. The number of rotatable bonds is 3. The van der Waals surface area contributed by atoms with Crippen LogP contribution in [-0.4, -0.2) is 6.71 Å². The molecule has 3 heteroatoms. The van der Waals surface area contributed by atoms with Crippen LogP contribution in [0.25, 0.3) is 0 Å². The van der Waals surface area contributed by atoms with E-state index in [1.54, 1.807) is 0 Å². The summed E-state index contributed by atoms with van der Waals surface area (Å²) in [6.07, 6.45) is 2.29. The Bertz CT molecular complexity index is 387. The van der Waals surface area contributed by atoms with Gasteiger partial charge in [-0.1, -0.05) is 31.1 Å². The van der Waals surface area contributed by atoms with Crippen LogP contribution in [0.1, 0.15) is 24.0 Å². The average molecular weight is 198 g/mol. The Labute approximate surface area is 91.2 Å². The third kappa shape index (κ3) is 1.66. The van der Waals surface area contributed by atoms with E-state index in [1.165, 1.54) is 5.56 Å². The summed E-state index contributed by atoms with van der Waals surface area (Å²) >= 11 is 0. The molecular formula is C12H15BN2. The average Bonchev–Trinajstić information content (AvgIpc) is 3.09. The maximum atomic E-state index is 9.00. The third-order valence-corrected chi connectivity index (χ3v) is 3.58. The molecule has 1 aromatic carbocycles. The van der Waals surface area contributed by atoms with Crippen LogP contribution in [0.5, 0.6) is 0 Å². The number of nitriles is 1. The number of nitrogens with two attached hydrogens (primary N) is 1. The molecule has 0 spiro atoms. The van der Waals surface area contributed by atoms with Crippen LogP contribution in [0.2, 0.25) is 6.82 Å². The topological polar surface area (TPSA) is 49.8 Å². The van der Waals surface area contributed by atoms with E-state index in [9.17, 15) is 0 Å². The molecule has 2 rings (SSSR count). The fourth-order valence-electron chi connectivity index (χ4n) is 2.20. The standard InChI is InChI=1S/C12H15BN2/c1-13(9-15)12(6-7-12)11-4-2-10(8-14)3-5-11/h2-5H,6-8,14H2,1H3. The molecule has 0 heterocycles. The van der Waals surface area contributed by atoms with Gasteiger partial charge in [-0.05, 0) is 29.3 Å². The molecule has 0 amide bonds. The summed E-state index contributed by atoms with van der Waals surface area (Å²) in [4.78, 5) is 0. The third-order valence-electron chi connectivity index (χ3n) is 3.58. The number of hydrogen-bond acceptors (Lipinski definition) is 2. The van der Waals surface area contributed by atoms with Gasteiger partial charge >= 0.3 is 0 Å². The van der Waals surface area contributed by atoms with Crippen molar-refractivity contribution in [3.05, 3.63) is 35.4 Å². The van der Waals surface area contributed by atoms with Gasteiger partial charge in [-0.25, -0.2) is 5.26 Å². The van der Waals surface area contributed by atoms with Gasteiger partial charge < -0.3 is 5.73 Å². The van der Waals surface area contributed by atoms with E-state index >= 15 is 0 Å². The first kappa shape index (κ1) is 10.3. The molecule has 0 unspecified atom stereocenters. The van der Waals surface area contributed by atoms with E-state index in [2.05, 4.69) is 30.2 Å². The highest BCUT2D eigenvalue weighted by molar-refractivity contribution is 6.69. The lowest BCUT2D eigenvalue weighted by atomic mass is 9.40. The van der Waals surface area contributed by atoms with Gasteiger partial charge in [-0.2, -0.15) is 0 Å². The molecule has 2 nitrogen and oxygen atoms in total. The molecule has 0 radical (unpaired) electrons. The first-order valence-electron chi connectivity index (χ1n) is 5.42. The fraction of sp³-hybridized carbons (Fsp3) is 0.417. The van der Waals surface area contributed by atoms with Crippen LogP contribution in [0, 0.1) is 11.2 Å². The normalized spacial score (nSPS) is 16.9. The molecule has 0 aromatic heterocycles. The van der Waals surface area contributed by atoms with Crippen LogP contribution in [0.4, 0.5) is 0 Å². The lowest BCUT2D eigenvalue weighted by molar-refractivity contribution is 0.973. The van der Waals surface area contributed by atoms with Gasteiger partial charge in [0.1, 0.15) is 0 Å². The van der Waals surface area contributed by atoms with Crippen molar-refractivity contribution in [3.8, 4) is 5.97 Å². The lowest BCUT2D eigenvalue weighted by Crippen LogP contribution is -2.26. The molecule has 1 aromatic rings. The molecule has 2 N–H and O–H groups in total. The summed E-state index contributed by atoms with van der Waals surface area (Å²) in [5.41, 5.74) is 8.01. The van der Waals surface area contributed by atoms with Gasteiger partial charge in [0.05, 0.1) is 0 Å². The first-order valence-corrected chi connectivity index (χ1v) is 5.42. The van der Waals surface area contributed by atoms with Crippen molar-refractivity contribution >= 4 is 6.71 Å². The number of benzene rings is 1. The molecule has 1 aliphatic carbocycles. The van der Waals surface area contributed by atoms with E-state index in [0.29, 0.717) is 6.54 Å². The van der Waals surface area contributed by atoms with Gasteiger partial charge in [0.25, 0.3) is 6.71 Å². The minimum atomic E-state index is 0.112. The second kappa shape index (κ2) is 3.71. The molecular weight excluding hydrogens is 183 g/mol. The van der Waals surface area contributed by atoms with Gasteiger partial charge in [0.2, 0.25) is 0 Å². The summed E-state index contributed by atoms with van der Waals surface area (Å²) in [5.74, 6) is 2.37. The SMILES string of the molecule is CB(C#N)C1(c2ccc(CN)cc2)CC1. The molecule has 0 bridgehead atoms. The van der Waals surface area contributed by atoms with Crippen molar-refractivity contribution in [1.29, 1.82) is 5.26 Å². The van der Waals surface area contributed by atoms with Crippen molar-refractivity contribution in [2.24, 2.45) is 5.73 Å². The van der Waals surface area contributed by atoms with Crippen molar-refractivity contribution < 1.29 is 0 Å². The van der Waals surface area contributed by atoms with Crippen LogP contribution in [-0.2, 0) is 11.9 Å². The van der Waals surface area contributed by atoms with Crippen LogP contribution >= 0.6 is 0 Å². The quantitative estimate of drug-likeness (QED) is 0.754. The van der Waals surface area contributed by atoms with E-state index < -0.39 is 0 Å². The van der Waals surface area contributed by atoms with Crippen LogP contribution < -0.4 is 5.73 Å². The maximum absolute atomic E-state index is 9.00. The monoisotopic (exact) mass is 198 g/mol. The lowest BCUT2D eigenvalue weighted by Gasteiger charge is -2.15. The van der Waals surface area contributed by atoms with Gasteiger partial charge in [-0.15, -0.1) is 0 Å². The van der Waals surface area contributed by atoms with E-state index in [0.717, 1.165) is 18.4 Å². The van der Waals surface area contributed by atoms with E-state index in [1.807, 2.05) is 6.82 Å². The van der Waals surface area contributed by atoms with Gasteiger partial charge in [0.15, 0.2) is 0 Å². The summed E-state index contributed by atoms with van der Waals surface area (Å²) < 4.78 is 0. The van der Waals surface area contributed by atoms with Gasteiger partial charge in [-0.3, -0.25) is 0 Å². The van der Waals surface area contributed by atoms with E-state index in [4.69, 9.17) is 11.0 Å². The maximum Gasteiger partial charge on any atom is 0.275 e. The Balaban J connectivity index is 2.27. The zero-order chi connectivity index (χ0) is 10.9. The first-order chi connectivity index (χ1) is 7.23. The Morgan fingerprint density at radius 3 is 2.40 bits per heavy atom. The fourth-order valence-corrected chi connectivity index (χ4v) is 2.20. The minimum Gasteiger partial charge on any atom is -0.326 e. The highest BCUT2D eigenvalue weighted by Gasteiger charge is 2.51. The van der Waals surface area contributed by atoms with Crippen LogP contribution in [0.3, 0.4) is 0 Å².